The molecule has 3 fully saturated rings. The second-order valence-corrected chi connectivity index (χ2v) is 12.1. The minimum absolute atomic E-state index is 0.0546. The van der Waals surface area contributed by atoms with Crippen molar-refractivity contribution in [3.05, 3.63) is 54.6 Å². The zero-order valence-electron chi connectivity index (χ0n) is 21.3. The summed E-state index contributed by atoms with van der Waals surface area (Å²) >= 11 is 8.08. The number of rotatable bonds is 11. The highest BCUT2D eigenvalue weighted by molar-refractivity contribution is 8.02. The smallest absolute Gasteiger partial charge is 0.311 e. The lowest BCUT2D eigenvalue weighted by atomic mass is 9.71. The second kappa shape index (κ2) is 11.2. The number of carbonyl (C=O) groups excluding carboxylic acids is 3. The van der Waals surface area contributed by atoms with Crippen LogP contribution < -0.4 is 4.90 Å². The molecule has 3 aliphatic heterocycles. The van der Waals surface area contributed by atoms with Crippen molar-refractivity contribution in [2.75, 3.05) is 24.7 Å². The number of nitrogens with zero attached hydrogens (tertiary/aromatic N) is 2. The Morgan fingerprint density at radius 2 is 2.08 bits per heavy atom. The first-order valence-corrected chi connectivity index (χ1v) is 14.1. The van der Waals surface area contributed by atoms with Gasteiger partial charge >= 0.3 is 5.97 Å². The van der Waals surface area contributed by atoms with Crippen molar-refractivity contribution in [2.45, 2.75) is 55.2 Å². The van der Waals surface area contributed by atoms with Crippen molar-refractivity contribution in [2.24, 2.45) is 17.8 Å². The number of hydrogen-bond acceptors (Lipinski definition) is 6. The number of anilines is 1. The Hall–Kier alpha value is -2.29. The number of esters is 1. The highest BCUT2D eigenvalue weighted by Gasteiger charge is 2.75. The number of aliphatic hydroxyl groups excluding tert-OH is 1. The van der Waals surface area contributed by atoms with E-state index in [-0.39, 0.29) is 42.7 Å². The number of para-hydroxylation sites is 1. The largest absolute Gasteiger partial charge is 0.461 e. The molecule has 0 saturated carbocycles. The van der Waals surface area contributed by atoms with Gasteiger partial charge in [0, 0.05) is 11.8 Å². The Labute approximate surface area is 227 Å². The zero-order chi connectivity index (χ0) is 26.9. The number of fused-ring (bicyclic) bond motifs is 1. The number of halogens is 1. The molecule has 9 heteroatoms. The number of benzene rings is 1. The van der Waals surface area contributed by atoms with Crippen molar-refractivity contribution >= 4 is 46.8 Å². The number of hydrogen-bond donors (Lipinski definition) is 1. The molecule has 2 bridgehead atoms. The Morgan fingerprint density at radius 3 is 2.70 bits per heavy atom. The van der Waals surface area contributed by atoms with E-state index in [4.69, 9.17) is 16.3 Å². The molecule has 1 aromatic rings. The maximum absolute atomic E-state index is 14.6. The molecular weight excluding hydrogens is 512 g/mol. The van der Waals surface area contributed by atoms with Crippen LogP contribution in [0.4, 0.5) is 5.69 Å². The fraction of sp³-hybridized carbons (Fsp3) is 0.536. The lowest BCUT2D eigenvalue weighted by Crippen LogP contribution is -2.58. The molecule has 1 N–H and O–H groups in total. The molecule has 2 unspecified atom stereocenters. The van der Waals surface area contributed by atoms with E-state index in [1.54, 1.807) is 51.9 Å². The van der Waals surface area contributed by atoms with Gasteiger partial charge in [0.25, 0.3) is 5.91 Å². The standard InChI is InChI=1S/C28H35ClN2O5S/c1-5-14-30(19-11-9-8-10-18(19)29)26(34)24-28-13-12-21(37-28)22(27(35)36-15-6-2)23(28)25(33)31(24)20(16-32)17(4)7-3/h5-6,8-11,17,20-24,32H,1-2,7,12-16H2,3-4H3/t17-,20-,21+,22-,23-,24?,28?/m0/s1. The molecule has 3 saturated heterocycles. The molecule has 1 spiro atoms. The van der Waals surface area contributed by atoms with Gasteiger partial charge in [-0.15, -0.1) is 18.3 Å². The van der Waals surface area contributed by atoms with E-state index in [1.807, 2.05) is 13.8 Å². The van der Waals surface area contributed by atoms with Crippen LogP contribution >= 0.6 is 23.4 Å². The fourth-order valence-corrected chi connectivity index (χ4v) is 8.73. The average Bonchev–Trinajstić information content (AvgIpc) is 3.54. The normalized spacial score (nSPS) is 29.5. The SMILES string of the molecule is C=CCOC(=O)[C@@H]1[C@H]2C(=O)N([C@@H](CO)[C@@H](C)CC)C(C(=O)N(CC=C)c3ccccc3Cl)C23CC[C@H]1S3. The molecule has 0 aliphatic carbocycles. The van der Waals surface area contributed by atoms with E-state index in [1.165, 1.54) is 6.08 Å². The average molecular weight is 547 g/mol. The molecule has 4 rings (SSSR count). The van der Waals surface area contributed by atoms with Crippen LogP contribution in [-0.4, -0.2) is 69.6 Å². The molecule has 0 radical (unpaired) electrons. The Bertz CT molecular complexity index is 1080. The van der Waals surface area contributed by atoms with Crippen molar-refractivity contribution in [3.8, 4) is 0 Å². The number of aliphatic hydroxyl groups is 1. The van der Waals surface area contributed by atoms with E-state index in [0.29, 0.717) is 23.6 Å². The van der Waals surface area contributed by atoms with Crippen LogP contribution in [0.2, 0.25) is 5.02 Å². The summed E-state index contributed by atoms with van der Waals surface area (Å²) in [6.45, 7) is 11.4. The van der Waals surface area contributed by atoms with Gasteiger partial charge in [-0.3, -0.25) is 14.4 Å². The third-order valence-corrected chi connectivity index (χ3v) is 10.4. The minimum atomic E-state index is -0.862. The first-order valence-electron chi connectivity index (χ1n) is 12.8. The molecule has 2 amide bonds. The van der Waals surface area contributed by atoms with Crippen LogP contribution in [0.15, 0.2) is 49.6 Å². The monoisotopic (exact) mass is 546 g/mol. The molecule has 3 heterocycles. The number of amides is 2. The van der Waals surface area contributed by atoms with Crippen molar-refractivity contribution in [1.29, 1.82) is 0 Å². The maximum Gasteiger partial charge on any atom is 0.311 e. The third-order valence-electron chi connectivity index (χ3n) is 8.15. The molecule has 0 aromatic heterocycles. The van der Waals surface area contributed by atoms with E-state index < -0.39 is 34.6 Å². The van der Waals surface area contributed by atoms with Crippen molar-refractivity contribution in [1.82, 2.24) is 4.90 Å². The van der Waals surface area contributed by atoms with E-state index in [2.05, 4.69) is 13.2 Å². The summed E-state index contributed by atoms with van der Waals surface area (Å²) < 4.78 is 4.63. The molecule has 37 heavy (non-hydrogen) atoms. The van der Waals surface area contributed by atoms with Crippen LogP contribution in [0, 0.1) is 17.8 Å². The Morgan fingerprint density at radius 1 is 1.35 bits per heavy atom. The predicted molar refractivity (Wildman–Crippen MR) is 146 cm³/mol. The zero-order valence-corrected chi connectivity index (χ0v) is 22.9. The number of thioether (sulfide) groups is 1. The van der Waals surface area contributed by atoms with E-state index in [0.717, 1.165) is 6.42 Å². The van der Waals surface area contributed by atoms with Crippen LogP contribution in [0.5, 0.6) is 0 Å². The highest BCUT2D eigenvalue weighted by atomic mass is 35.5. The van der Waals surface area contributed by atoms with E-state index in [9.17, 15) is 19.5 Å². The summed E-state index contributed by atoms with van der Waals surface area (Å²) in [6, 6.07) is 5.66. The van der Waals surface area contributed by atoms with Gasteiger partial charge in [0.1, 0.15) is 12.6 Å². The number of carbonyl (C=O) groups is 3. The number of ether oxygens (including phenoxy) is 1. The summed E-state index contributed by atoms with van der Waals surface area (Å²) in [6.07, 6.45) is 5.19. The highest BCUT2D eigenvalue weighted by Crippen LogP contribution is 2.67. The molecule has 1 aromatic carbocycles. The van der Waals surface area contributed by atoms with Gasteiger partial charge in [0.2, 0.25) is 5.91 Å². The summed E-state index contributed by atoms with van der Waals surface area (Å²) in [5, 5.41) is 10.8. The van der Waals surface area contributed by atoms with Crippen molar-refractivity contribution in [3.63, 3.8) is 0 Å². The van der Waals surface area contributed by atoms with Gasteiger partial charge in [0.15, 0.2) is 0 Å². The van der Waals surface area contributed by atoms with Crippen LogP contribution in [0.3, 0.4) is 0 Å². The van der Waals surface area contributed by atoms with E-state index >= 15 is 0 Å². The van der Waals surface area contributed by atoms with Crippen LogP contribution in [0.1, 0.15) is 33.1 Å². The topological polar surface area (TPSA) is 87.1 Å². The summed E-state index contributed by atoms with van der Waals surface area (Å²) in [5.74, 6) is -2.36. The van der Waals surface area contributed by atoms with Crippen molar-refractivity contribution < 1.29 is 24.2 Å². The maximum atomic E-state index is 14.6. The van der Waals surface area contributed by atoms with Crippen LogP contribution in [-0.2, 0) is 19.1 Å². The van der Waals surface area contributed by atoms with Gasteiger partial charge in [-0.1, -0.05) is 62.7 Å². The van der Waals surface area contributed by atoms with Gasteiger partial charge in [0.05, 0.1) is 39.9 Å². The molecular formula is C28H35ClN2O5S. The number of likely N-dealkylation sites (tertiary alicyclic amines) is 1. The Balaban J connectivity index is 1.84. The first-order chi connectivity index (χ1) is 17.8. The lowest BCUT2D eigenvalue weighted by molar-refractivity contribution is -0.153. The molecule has 7 atom stereocenters. The predicted octanol–water partition coefficient (Wildman–Crippen LogP) is 4.09. The van der Waals surface area contributed by atoms with Gasteiger partial charge in [-0.25, -0.2) is 0 Å². The third kappa shape index (κ3) is 4.51. The second-order valence-electron chi connectivity index (χ2n) is 10.0. The molecule has 200 valence electrons. The van der Waals surface area contributed by atoms with Gasteiger partial charge in [-0.05, 0) is 30.9 Å². The minimum Gasteiger partial charge on any atom is -0.461 e. The van der Waals surface area contributed by atoms with Crippen LogP contribution in [0.25, 0.3) is 0 Å². The molecule has 3 aliphatic rings. The summed E-state index contributed by atoms with van der Waals surface area (Å²) in [4.78, 5) is 45.1. The fourth-order valence-electron chi connectivity index (χ4n) is 6.30. The summed E-state index contributed by atoms with van der Waals surface area (Å²) in [5.41, 5.74) is 0.532. The first kappa shape index (κ1) is 27.7. The Kier molecular flexibility index (Phi) is 8.41. The quantitative estimate of drug-likeness (QED) is 0.332. The van der Waals surface area contributed by atoms with Gasteiger partial charge < -0.3 is 19.6 Å². The summed E-state index contributed by atoms with van der Waals surface area (Å²) in [7, 11) is 0. The lowest BCUT2D eigenvalue weighted by Gasteiger charge is -2.41. The molecule has 7 nitrogen and oxygen atoms in total. The van der Waals surface area contributed by atoms with Gasteiger partial charge in [-0.2, -0.15) is 0 Å².